The first-order valence-corrected chi connectivity index (χ1v) is 10.9. The van der Waals surface area contributed by atoms with E-state index in [0.29, 0.717) is 48.1 Å². The molecule has 1 aliphatic heterocycles. The largest absolute Gasteiger partial charge is 0.493 e. The summed E-state index contributed by atoms with van der Waals surface area (Å²) in [7, 11) is 3.17. The van der Waals surface area contributed by atoms with Crippen LogP contribution in [0.5, 0.6) is 17.2 Å². The lowest BCUT2D eigenvalue weighted by Gasteiger charge is -2.32. The lowest BCUT2D eigenvalue weighted by Crippen LogP contribution is -2.27. The van der Waals surface area contributed by atoms with Crippen molar-refractivity contribution in [3.05, 3.63) is 62.1 Å². The maximum Gasteiger partial charge on any atom is 0.341 e. The first-order valence-electron chi connectivity index (χ1n) is 9.99. The Morgan fingerprint density at radius 2 is 2.03 bits per heavy atom. The van der Waals surface area contributed by atoms with E-state index in [0.717, 1.165) is 10.4 Å². The van der Waals surface area contributed by atoms with Gasteiger partial charge in [0.1, 0.15) is 11.3 Å². The second-order valence-electron chi connectivity index (χ2n) is 7.28. The fraction of sp³-hybridized carbons (Fsp3) is 0.304. The van der Waals surface area contributed by atoms with Crippen LogP contribution in [0, 0.1) is 6.92 Å². The highest BCUT2D eigenvalue weighted by molar-refractivity contribution is 7.10. The molecular formula is C23H23NO7S. The van der Waals surface area contributed by atoms with Gasteiger partial charge in [-0.15, -0.1) is 11.3 Å². The first kappa shape index (κ1) is 21.9. The first-order chi connectivity index (χ1) is 15.4. The van der Waals surface area contributed by atoms with Gasteiger partial charge in [-0.1, -0.05) is 0 Å². The highest BCUT2D eigenvalue weighted by atomic mass is 32.1. The Morgan fingerprint density at radius 1 is 1.22 bits per heavy atom. The second kappa shape index (κ2) is 9.05. The number of aryl methyl sites for hydroxylation is 1. The van der Waals surface area contributed by atoms with Gasteiger partial charge < -0.3 is 28.6 Å². The molecule has 168 valence electrons. The summed E-state index contributed by atoms with van der Waals surface area (Å²) in [5.74, 6) is 0.238. The molecule has 3 heterocycles. The van der Waals surface area contributed by atoms with Gasteiger partial charge in [0, 0.05) is 44.0 Å². The zero-order valence-electron chi connectivity index (χ0n) is 17.9. The van der Waals surface area contributed by atoms with Crippen LogP contribution in [0.3, 0.4) is 0 Å². The number of nitrogens with zero attached hydrogens (tertiary/aromatic N) is 1. The van der Waals surface area contributed by atoms with Crippen molar-refractivity contribution in [1.82, 2.24) is 4.57 Å². The molecule has 3 aromatic rings. The SMILES string of the molecule is COCCCOc1cc2c(cc1OC)-c1cc(=O)c(C(=O)O)cn1[C@H](c1sccc1C)O2. The number of fused-ring (bicyclic) bond motifs is 3. The lowest BCUT2D eigenvalue weighted by molar-refractivity contribution is 0.0693. The van der Waals surface area contributed by atoms with Crippen LogP contribution in [0.4, 0.5) is 0 Å². The van der Waals surface area contributed by atoms with Gasteiger partial charge in [0.05, 0.1) is 24.3 Å². The summed E-state index contributed by atoms with van der Waals surface area (Å²) in [5, 5.41) is 11.4. The predicted molar refractivity (Wildman–Crippen MR) is 119 cm³/mol. The number of pyridine rings is 1. The molecule has 0 bridgehead atoms. The van der Waals surface area contributed by atoms with Gasteiger partial charge in [-0.3, -0.25) is 4.79 Å². The van der Waals surface area contributed by atoms with E-state index in [1.54, 1.807) is 23.8 Å². The van der Waals surface area contributed by atoms with Crippen LogP contribution < -0.4 is 19.6 Å². The number of aromatic nitrogens is 1. The summed E-state index contributed by atoms with van der Waals surface area (Å²) in [6.07, 6.45) is 1.44. The van der Waals surface area contributed by atoms with Gasteiger partial charge in [0.15, 0.2) is 16.9 Å². The third kappa shape index (κ3) is 3.96. The van der Waals surface area contributed by atoms with Crippen molar-refractivity contribution in [3.8, 4) is 28.5 Å². The number of aromatic carboxylic acids is 1. The van der Waals surface area contributed by atoms with E-state index in [-0.39, 0.29) is 5.56 Å². The van der Waals surface area contributed by atoms with Crippen molar-refractivity contribution in [2.24, 2.45) is 0 Å². The molecule has 1 N–H and O–H groups in total. The Kier molecular flexibility index (Phi) is 6.20. The van der Waals surface area contributed by atoms with Crippen LogP contribution in [0.2, 0.25) is 0 Å². The average molecular weight is 458 g/mol. The van der Waals surface area contributed by atoms with Crippen molar-refractivity contribution in [2.45, 2.75) is 19.6 Å². The number of ether oxygens (including phenoxy) is 4. The zero-order valence-corrected chi connectivity index (χ0v) is 18.7. The average Bonchev–Trinajstić information content (AvgIpc) is 3.20. The van der Waals surface area contributed by atoms with E-state index in [1.165, 1.54) is 30.7 Å². The minimum absolute atomic E-state index is 0.315. The van der Waals surface area contributed by atoms with Gasteiger partial charge in [-0.25, -0.2) is 4.79 Å². The summed E-state index contributed by atoms with van der Waals surface area (Å²) in [6.45, 7) is 2.98. The highest BCUT2D eigenvalue weighted by Crippen LogP contribution is 2.46. The monoisotopic (exact) mass is 457 g/mol. The van der Waals surface area contributed by atoms with E-state index in [4.69, 9.17) is 18.9 Å². The summed E-state index contributed by atoms with van der Waals surface area (Å²) < 4.78 is 24.5. The maximum absolute atomic E-state index is 12.5. The normalized spacial score (nSPS) is 14.3. The van der Waals surface area contributed by atoms with Crippen molar-refractivity contribution >= 4 is 17.3 Å². The molecule has 0 saturated carbocycles. The van der Waals surface area contributed by atoms with E-state index in [9.17, 15) is 14.7 Å². The highest BCUT2D eigenvalue weighted by Gasteiger charge is 2.31. The Hall–Kier alpha value is -3.30. The van der Waals surface area contributed by atoms with Crippen LogP contribution in [0.25, 0.3) is 11.3 Å². The molecule has 32 heavy (non-hydrogen) atoms. The fourth-order valence-electron chi connectivity index (χ4n) is 3.61. The van der Waals surface area contributed by atoms with E-state index in [1.807, 2.05) is 18.4 Å². The molecule has 2 aromatic heterocycles. The summed E-state index contributed by atoms with van der Waals surface area (Å²) in [6, 6.07) is 6.79. The Morgan fingerprint density at radius 3 is 2.69 bits per heavy atom. The number of hydrogen-bond donors (Lipinski definition) is 1. The van der Waals surface area contributed by atoms with E-state index >= 15 is 0 Å². The quantitative estimate of drug-likeness (QED) is 0.512. The molecule has 1 aromatic carbocycles. The number of rotatable bonds is 8. The van der Waals surface area contributed by atoms with Crippen LogP contribution in [-0.2, 0) is 4.74 Å². The summed E-state index contributed by atoms with van der Waals surface area (Å²) in [5.41, 5.74) is 1.28. The van der Waals surface area contributed by atoms with Gasteiger partial charge in [-0.2, -0.15) is 0 Å². The van der Waals surface area contributed by atoms with Crippen molar-refractivity contribution < 1.29 is 28.8 Å². The van der Waals surface area contributed by atoms with Crippen molar-refractivity contribution in [1.29, 1.82) is 0 Å². The molecule has 0 saturated heterocycles. The Labute approximate surface area is 188 Å². The molecule has 0 spiro atoms. The topological polar surface area (TPSA) is 96.2 Å². The van der Waals surface area contributed by atoms with Gasteiger partial charge in [-0.05, 0) is 30.0 Å². The smallest absolute Gasteiger partial charge is 0.341 e. The predicted octanol–water partition coefficient (Wildman–Crippen LogP) is 3.95. The van der Waals surface area contributed by atoms with Crippen LogP contribution in [0.1, 0.15) is 33.4 Å². The molecule has 1 aliphatic rings. The summed E-state index contributed by atoms with van der Waals surface area (Å²) >= 11 is 1.50. The number of hydrogen-bond acceptors (Lipinski definition) is 7. The van der Waals surface area contributed by atoms with Crippen molar-refractivity contribution in [2.75, 3.05) is 27.4 Å². The third-order valence-corrected chi connectivity index (χ3v) is 6.27. The van der Waals surface area contributed by atoms with E-state index in [2.05, 4.69) is 0 Å². The van der Waals surface area contributed by atoms with Crippen LogP contribution in [-0.4, -0.2) is 43.1 Å². The van der Waals surface area contributed by atoms with Crippen LogP contribution >= 0.6 is 11.3 Å². The Balaban J connectivity index is 1.86. The van der Waals surface area contributed by atoms with E-state index < -0.39 is 17.6 Å². The number of thiophene rings is 1. The molecule has 8 nitrogen and oxygen atoms in total. The summed E-state index contributed by atoms with van der Waals surface area (Å²) in [4.78, 5) is 25.0. The van der Waals surface area contributed by atoms with Gasteiger partial charge in [0.2, 0.25) is 6.23 Å². The zero-order chi connectivity index (χ0) is 22.8. The second-order valence-corrected chi connectivity index (χ2v) is 8.23. The lowest BCUT2D eigenvalue weighted by atomic mass is 10.0. The van der Waals surface area contributed by atoms with Gasteiger partial charge in [0.25, 0.3) is 0 Å². The minimum atomic E-state index is -1.28. The number of benzene rings is 1. The molecular weight excluding hydrogens is 434 g/mol. The Bertz CT molecular complexity index is 1210. The number of carboxylic acids is 1. The molecule has 0 amide bonds. The fourth-order valence-corrected chi connectivity index (χ4v) is 4.56. The maximum atomic E-state index is 12.5. The molecule has 9 heteroatoms. The third-order valence-electron chi connectivity index (χ3n) is 5.22. The van der Waals surface area contributed by atoms with Crippen molar-refractivity contribution in [3.63, 3.8) is 0 Å². The van der Waals surface area contributed by atoms with Crippen LogP contribution in [0.15, 0.2) is 40.6 Å². The standard InChI is InChI=1S/C23H23NO7S/c1-13-5-8-32-21(13)22-24-12-15(23(26)27)17(25)10-16(24)14-9-19(29-3)20(11-18(14)31-22)30-7-4-6-28-2/h5,8-12,22H,4,6-7H2,1-3H3,(H,26,27)/t22-/m0/s1. The molecule has 0 fully saturated rings. The number of carbonyl (C=O) groups is 1. The minimum Gasteiger partial charge on any atom is -0.493 e. The number of methoxy groups -OCH3 is 2. The molecule has 4 rings (SSSR count). The molecule has 1 atom stereocenters. The molecule has 0 radical (unpaired) electrons. The molecule has 0 aliphatic carbocycles. The number of carboxylic acid groups (broad SMARTS) is 1. The molecule has 0 unspecified atom stereocenters. The van der Waals surface area contributed by atoms with Gasteiger partial charge >= 0.3 is 5.97 Å².